The van der Waals surface area contributed by atoms with Gasteiger partial charge in [0.05, 0.1) is 11.5 Å². The molecule has 0 saturated carbocycles. The zero-order valence-electron chi connectivity index (χ0n) is 7.94. The monoisotopic (exact) mass is 216 g/mol. The summed E-state index contributed by atoms with van der Waals surface area (Å²) >= 11 is 0. The molecule has 0 radical (unpaired) electrons. The lowest BCUT2D eigenvalue weighted by atomic mass is 10.3. The van der Waals surface area contributed by atoms with Gasteiger partial charge in [0.1, 0.15) is 12.9 Å². The molecule has 0 fully saturated rings. The molecule has 1 aromatic rings. The summed E-state index contributed by atoms with van der Waals surface area (Å²) in [5, 5.41) is 16.4. The van der Waals surface area contributed by atoms with Gasteiger partial charge in [0, 0.05) is 7.05 Å². The predicted octanol–water partition coefficient (Wildman–Crippen LogP) is 0.120. The van der Waals surface area contributed by atoms with E-state index >= 15 is 0 Å². The van der Waals surface area contributed by atoms with Crippen LogP contribution in [0, 0.1) is 10.1 Å². The maximum atomic E-state index is 12.0. The third-order valence-corrected chi connectivity index (χ3v) is 1.69. The molecule has 1 aromatic heterocycles. The smallest absolute Gasteiger partial charge is 0.320 e. The molecule has 1 N–H and O–H groups in total. The Morgan fingerprint density at radius 1 is 1.80 bits per heavy atom. The summed E-state index contributed by atoms with van der Waals surface area (Å²) in [6.07, 6.45) is 1.03. The first-order chi connectivity index (χ1) is 7.10. The summed E-state index contributed by atoms with van der Waals surface area (Å²) in [5.41, 5.74) is -0.737. The van der Waals surface area contributed by atoms with Crippen LogP contribution in [0.15, 0.2) is 6.20 Å². The van der Waals surface area contributed by atoms with E-state index in [4.69, 9.17) is 0 Å². The van der Waals surface area contributed by atoms with E-state index in [1.807, 2.05) is 0 Å². The van der Waals surface area contributed by atoms with E-state index < -0.39 is 23.2 Å². The van der Waals surface area contributed by atoms with Crippen molar-refractivity contribution in [1.29, 1.82) is 0 Å². The van der Waals surface area contributed by atoms with Gasteiger partial charge in [0.25, 0.3) is 5.91 Å². The Labute approximate surface area is 84.0 Å². The lowest BCUT2D eigenvalue weighted by Crippen LogP contribution is -2.19. The SMILES string of the molecule is CNC(=O)c1nn(CCF)cc1[N+](=O)[O-]. The highest BCUT2D eigenvalue weighted by atomic mass is 19.1. The highest BCUT2D eigenvalue weighted by Crippen LogP contribution is 2.16. The summed E-state index contributed by atoms with van der Waals surface area (Å²) in [7, 11) is 1.33. The van der Waals surface area contributed by atoms with Gasteiger partial charge >= 0.3 is 5.69 Å². The van der Waals surface area contributed by atoms with Crippen LogP contribution in [-0.2, 0) is 6.54 Å². The molecule has 1 amide bonds. The van der Waals surface area contributed by atoms with Crippen LogP contribution in [0.4, 0.5) is 10.1 Å². The van der Waals surface area contributed by atoms with Gasteiger partial charge in [-0.3, -0.25) is 19.6 Å². The Morgan fingerprint density at radius 3 is 2.93 bits per heavy atom. The van der Waals surface area contributed by atoms with E-state index in [-0.39, 0.29) is 12.2 Å². The van der Waals surface area contributed by atoms with Gasteiger partial charge in [-0.1, -0.05) is 0 Å². The maximum Gasteiger partial charge on any atom is 0.320 e. The molecule has 0 spiro atoms. The average Bonchev–Trinajstić information content (AvgIpc) is 2.61. The number of halogens is 1. The van der Waals surface area contributed by atoms with Gasteiger partial charge in [-0.15, -0.1) is 0 Å². The van der Waals surface area contributed by atoms with Crippen LogP contribution in [0.1, 0.15) is 10.5 Å². The number of carbonyl (C=O) groups excluding carboxylic acids is 1. The van der Waals surface area contributed by atoms with Crippen molar-refractivity contribution in [3.63, 3.8) is 0 Å². The van der Waals surface area contributed by atoms with Crippen LogP contribution in [-0.4, -0.2) is 34.3 Å². The zero-order chi connectivity index (χ0) is 11.4. The van der Waals surface area contributed by atoms with Crippen molar-refractivity contribution in [2.75, 3.05) is 13.7 Å². The van der Waals surface area contributed by atoms with E-state index in [1.165, 1.54) is 7.05 Å². The fourth-order valence-electron chi connectivity index (χ4n) is 1.03. The van der Waals surface area contributed by atoms with Crippen molar-refractivity contribution in [2.24, 2.45) is 0 Å². The molecule has 1 rings (SSSR count). The Morgan fingerprint density at radius 2 is 2.47 bits per heavy atom. The minimum absolute atomic E-state index is 0.113. The quantitative estimate of drug-likeness (QED) is 0.571. The molecule has 0 aliphatic rings. The minimum atomic E-state index is -0.730. The molecule has 82 valence electrons. The van der Waals surface area contributed by atoms with Crippen LogP contribution < -0.4 is 5.32 Å². The Bertz CT molecular complexity index is 390. The van der Waals surface area contributed by atoms with E-state index in [0.717, 1.165) is 10.9 Å². The second-order valence-corrected chi connectivity index (χ2v) is 2.65. The fourth-order valence-corrected chi connectivity index (χ4v) is 1.03. The summed E-state index contributed by atoms with van der Waals surface area (Å²) in [6.45, 7) is -0.816. The Balaban J connectivity index is 3.11. The molecule has 7 nitrogen and oxygen atoms in total. The van der Waals surface area contributed by atoms with Gasteiger partial charge in [-0.05, 0) is 0 Å². The van der Waals surface area contributed by atoms with E-state index in [0.29, 0.717) is 0 Å². The van der Waals surface area contributed by atoms with Crippen LogP contribution in [0.25, 0.3) is 0 Å². The van der Waals surface area contributed by atoms with E-state index in [2.05, 4.69) is 10.4 Å². The molecule has 8 heteroatoms. The molecule has 0 bridgehead atoms. The van der Waals surface area contributed by atoms with Gasteiger partial charge in [0.15, 0.2) is 0 Å². The first kappa shape index (κ1) is 11.1. The van der Waals surface area contributed by atoms with Crippen LogP contribution >= 0.6 is 0 Å². The van der Waals surface area contributed by atoms with Crippen LogP contribution in [0.5, 0.6) is 0 Å². The summed E-state index contributed by atoms with van der Waals surface area (Å²) in [4.78, 5) is 21.0. The van der Waals surface area contributed by atoms with Gasteiger partial charge in [0.2, 0.25) is 5.69 Å². The molecule has 1 heterocycles. The molecule has 0 unspecified atom stereocenters. The third kappa shape index (κ3) is 2.27. The van der Waals surface area contributed by atoms with Gasteiger partial charge < -0.3 is 5.32 Å². The highest BCUT2D eigenvalue weighted by molar-refractivity contribution is 5.95. The molecule has 0 aromatic carbocycles. The minimum Gasteiger partial charge on any atom is -0.353 e. The number of nitrogens with one attached hydrogen (secondary N) is 1. The zero-order valence-corrected chi connectivity index (χ0v) is 7.94. The molecule has 0 aliphatic heterocycles. The summed E-state index contributed by atoms with van der Waals surface area (Å²) < 4.78 is 13.0. The number of aryl methyl sites for hydroxylation is 1. The van der Waals surface area contributed by atoms with E-state index in [9.17, 15) is 19.3 Å². The Hall–Kier alpha value is -1.99. The number of aromatic nitrogens is 2. The summed E-state index contributed by atoms with van der Waals surface area (Å²) in [5.74, 6) is -0.667. The second-order valence-electron chi connectivity index (χ2n) is 2.65. The first-order valence-corrected chi connectivity index (χ1v) is 4.10. The lowest BCUT2D eigenvalue weighted by molar-refractivity contribution is -0.385. The summed E-state index contributed by atoms with van der Waals surface area (Å²) in [6, 6.07) is 0. The van der Waals surface area contributed by atoms with Crippen molar-refractivity contribution in [1.82, 2.24) is 15.1 Å². The third-order valence-electron chi connectivity index (χ3n) is 1.69. The lowest BCUT2D eigenvalue weighted by Gasteiger charge is -1.94. The van der Waals surface area contributed by atoms with Crippen molar-refractivity contribution >= 4 is 11.6 Å². The number of alkyl halides is 1. The number of hydrogen-bond acceptors (Lipinski definition) is 4. The molecular weight excluding hydrogens is 207 g/mol. The first-order valence-electron chi connectivity index (χ1n) is 4.10. The molecule has 15 heavy (non-hydrogen) atoms. The molecule has 0 aliphatic carbocycles. The average molecular weight is 216 g/mol. The number of nitro groups is 1. The van der Waals surface area contributed by atoms with Crippen molar-refractivity contribution in [3.05, 3.63) is 22.0 Å². The van der Waals surface area contributed by atoms with E-state index in [1.54, 1.807) is 0 Å². The standard InChI is InChI=1S/C7H9FN4O3/c1-9-7(13)6-5(12(14)15)4-11(10-6)3-2-8/h4H,2-3H2,1H3,(H,9,13). The van der Waals surface area contributed by atoms with Crippen molar-refractivity contribution in [2.45, 2.75) is 6.54 Å². The normalized spacial score (nSPS) is 10.0. The fraction of sp³-hybridized carbons (Fsp3) is 0.429. The number of hydrogen-bond donors (Lipinski definition) is 1. The largest absolute Gasteiger partial charge is 0.353 e. The number of rotatable bonds is 4. The number of nitrogens with zero attached hydrogens (tertiary/aromatic N) is 3. The maximum absolute atomic E-state index is 12.0. The molecule has 0 saturated heterocycles. The topological polar surface area (TPSA) is 90.1 Å². The van der Waals surface area contributed by atoms with Gasteiger partial charge in [-0.25, -0.2) is 4.39 Å². The van der Waals surface area contributed by atoms with Gasteiger partial charge in [-0.2, -0.15) is 5.10 Å². The predicted molar refractivity (Wildman–Crippen MR) is 48.2 cm³/mol. The second kappa shape index (κ2) is 4.49. The molecule has 0 atom stereocenters. The van der Waals surface area contributed by atoms with Crippen LogP contribution in [0.3, 0.4) is 0 Å². The number of amides is 1. The molecular formula is C7H9FN4O3. The van der Waals surface area contributed by atoms with Crippen molar-refractivity contribution in [3.8, 4) is 0 Å². The van der Waals surface area contributed by atoms with Crippen molar-refractivity contribution < 1.29 is 14.1 Å². The highest BCUT2D eigenvalue weighted by Gasteiger charge is 2.24. The number of carbonyl (C=O) groups is 1. The Kier molecular flexibility index (Phi) is 3.32. The van der Waals surface area contributed by atoms with Crippen LogP contribution in [0.2, 0.25) is 0 Å².